The molecular weight excluding hydrogens is 380 g/mol. The highest BCUT2D eigenvalue weighted by molar-refractivity contribution is 7.92. The summed E-state index contributed by atoms with van der Waals surface area (Å²) in [4.78, 5) is 12.7. The normalized spacial score (nSPS) is 13.5. The lowest BCUT2D eigenvalue weighted by Gasteiger charge is -2.15. The Kier molecular flexibility index (Phi) is 6.41. The van der Waals surface area contributed by atoms with Gasteiger partial charge >= 0.3 is 0 Å². The van der Waals surface area contributed by atoms with Gasteiger partial charge in [-0.2, -0.15) is 0 Å². The third-order valence-corrected chi connectivity index (χ3v) is 5.68. The summed E-state index contributed by atoms with van der Waals surface area (Å²) in [5.74, 6) is 0.923. The maximum absolute atomic E-state index is 12.7. The van der Waals surface area contributed by atoms with E-state index >= 15 is 0 Å². The first kappa shape index (κ1) is 20.0. The Morgan fingerprint density at radius 3 is 2.68 bits per heavy atom. The van der Waals surface area contributed by atoms with Crippen molar-refractivity contribution in [3.8, 4) is 11.5 Å². The molecule has 28 heavy (non-hydrogen) atoms. The zero-order valence-corrected chi connectivity index (χ0v) is 16.6. The van der Waals surface area contributed by atoms with E-state index in [1.54, 1.807) is 31.2 Å². The number of hydrogen-bond acceptors (Lipinski definition) is 5. The SMILES string of the molecule is CCCS(=O)(=O)Nc1ccccc1C(=O)NCc1cccc2c1OCCCO2. The Labute approximate surface area is 165 Å². The monoisotopic (exact) mass is 404 g/mol. The van der Waals surface area contributed by atoms with E-state index < -0.39 is 10.0 Å². The van der Waals surface area contributed by atoms with E-state index in [0.29, 0.717) is 31.1 Å². The molecule has 0 aliphatic carbocycles. The lowest BCUT2D eigenvalue weighted by Crippen LogP contribution is -2.25. The zero-order chi connectivity index (χ0) is 20.0. The van der Waals surface area contributed by atoms with Crippen LogP contribution in [0.15, 0.2) is 42.5 Å². The van der Waals surface area contributed by atoms with Gasteiger partial charge in [0.25, 0.3) is 5.91 Å². The lowest BCUT2D eigenvalue weighted by atomic mass is 10.1. The maximum Gasteiger partial charge on any atom is 0.253 e. The van der Waals surface area contributed by atoms with Gasteiger partial charge in [0.05, 0.1) is 30.2 Å². The van der Waals surface area contributed by atoms with E-state index in [9.17, 15) is 13.2 Å². The molecule has 1 aliphatic rings. The number of carbonyl (C=O) groups excluding carboxylic acids is 1. The van der Waals surface area contributed by atoms with E-state index in [-0.39, 0.29) is 29.5 Å². The van der Waals surface area contributed by atoms with Gasteiger partial charge < -0.3 is 14.8 Å². The van der Waals surface area contributed by atoms with Crippen LogP contribution in [0, 0.1) is 0 Å². The number of amides is 1. The van der Waals surface area contributed by atoms with Gasteiger partial charge in [-0.3, -0.25) is 9.52 Å². The molecule has 0 bridgehead atoms. The van der Waals surface area contributed by atoms with Gasteiger partial charge in [-0.15, -0.1) is 0 Å². The minimum absolute atomic E-state index is 0.00353. The van der Waals surface area contributed by atoms with Gasteiger partial charge in [0.2, 0.25) is 10.0 Å². The fourth-order valence-electron chi connectivity index (χ4n) is 2.92. The van der Waals surface area contributed by atoms with Gasteiger partial charge in [-0.25, -0.2) is 8.42 Å². The first-order valence-corrected chi connectivity index (χ1v) is 10.9. The largest absolute Gasteiger partial charge is 0.490 e. The van der Waals surface area contributed by atoms with Crippen LogP contribution in [0.5, 0.6) is 11.5 Å². The summed E-state index contributed by atoms with van der Waals surface area (Å²) in [7, 11) is -3.49. The van der Waals surface area contributed by atoms with E-state index in [1.807, 2.05) is 18.2 Å². The topological polar surface area (TPSA) is 93.7 Å². The van der Waals surface area contributed by atoms with E-state index in [0.717, 1.165) is 12.0 Å². The summed E-state index contributed by atoms with van der Waals surface area (Å²) in [6.45, 7) is 3.17. The highest BCUT2D eigenvalue weighted by Crippen LogP contribution is 2.33. The fraction of sp³-hybridized carbons (Fsp3) is 0.350. The molecule has 0 saturated carbocycles. The van der Waals surface area contributed by atoms with Crippen LogP contribution >= 0.6 is 0 Å². The average molecular weight is 404 g/mol. The molecule has 2 N–H and O–H groups in total. The molecule has 7 nitrogen and oxygen atoms in total. The Morgan fingerprint density at radius 2 is 1.86 bits per heavy atom. The van der Waals surface area contributed by atoms with Crippen molar-refractivity contribution in [1.29, 1.82) is 0 Å². The number of benzene rings is 2. The van der Waals surface area contributed by atoms with Crippen LogP contribution in [0.4, 0.5) is 5.69 Å². The second-order valence-corrected chi connectivity index (χ2v) is 8.29. The number of nitrogens with one attached hydrogen (secondary N) is 2. The number of ether oxygens (including phenoxy) is 2. The van der Waals surface area contributed by atoms with Gasteiger partial charge in [0.15, 0.2) is 11.5 Å². The number of anilines is 1. The molecule has 0 spiro atoms. The Bertz CT molecular complexity index is 943. The van der Waals surface area contributed by atoms with Gasteiger partial charge in [-0.1, -0.05) is 31.2 Å². The first-order chi connectivity index (χ1) is 13.5. The van der Waals surface area contributed by atoms with Crippen molar-refractivity contribution in [3.05, 3.63) is 53.6 Å². The van der Waals surface area contributed by atoms with Crippen LogP contribution in [0.2, 0.25) is 0 Å². The summed E-state index contributed by atoms with van der Waals surface area (Å²) < 4.78 is 38.1. The fourth-order valence-corrected chi connectivity index (χ4v) is 4.07. The summed E-state index contributed by atoms with van der Waals surface area (Å²) in [5, 5.41) is 2.83. The zero-order valence-electron chi connectivity index (χ0n) is 15.7. The molecule has 2 aromatic rings. The Hall–Kier alpha value is -2.74. The maximum atomic E-state index is 12.7. The number of carbonyl (C=O) groups is 1. The molecule has 8 heteroatoms. The van der Waals surface area contributed by atoms with Crippen molar-refractivity contribution in [3.63, 3.8) is 0 Å². The van der Waals surface area contributed by atoms with Crippen LogP contribution in [0.3, 0.4) is 0 Å². The van der Waals surface area contributed by atoms with Crippen molar-refractivity contribution in [2.75, 3.05) is 23.7 Å². The number of hydrogen-bond donors (Lipinski definition) is 2. The third-order valence-electron chi connectivity index (χ3n) is 4.20. The molecule has 1 heterocycles. The molecular formula is C20H24N2O5S. The molecule has 150 valence electrons. The first-order valence-electron chi connectivity index (χ1n) is 9.25. The van der Waals surface area contributed by atoms with E-state index in [2.05, 4.69) is 10.0 Å². The highest BCUT2D eigenvalue weighted by Gasteiger charge is 2.18. The van der Waals surface area contributed by atoms with Crippen LogP contribution in [0.25, 0.3) is 0 Å². The minimum Gasteiger partial charge on any atom is -0.490 e. The molecule has 1 aliphatic heterocycles. The van der Waals surface area contributed by atoms with Crippen molar-refractivity contribution in [2.45, 2.75) is 26.3 Å². The van der Waals surface area contributed by atoms with Crippen molar-refractivity contribution < 1.29 is 22.7 Å². The lowest BCUT2D eigenvalue weighted by molar-refractivity contribution is 0.0951. The molecule has 0 fully saturated rings. The average Bonchev–Trinajstić information content (AvgIpc) is 2.92. The number of fused-ring (bicyclic) bond motifs is 1. The van der Waals surface area contributed by atoms with Crippen LogP contribution < -0.4 is 19.5 Å². The summed E-state index contributed by atoms with van der Waals surface area (Å²) in [6, 6.07) is 12.1. The second kappa shape index (κ2) is 8.97. The highest BCUT2D eigenvalue weighted by atomic mass is 32.2. The van der Waals surface area contributed by atoms with Gasteiger partial charge in [0, 0.05) is 18.5 Å². The van der Waals surface area contributed by atoms with Crippen molar-refractivity contribution in [1.82, 2.24) is 5.32 Å². The van der Waals surface area contributed by atoms with E-state index in [1.165, 1.54) is 0 Å². The quantitative estimate of drug-likeness (QED) is 0.740. The van der Waals surface area contributed by atoms with Crippen molar-refractivity contribution >= 4 is 21.6 Å². The molecule has 0 unspecified atom stereocenters. The third kappa shape index (κ3) is 4.95. The number of sulfonamides is 1. The van der Waals surface area contributed by atoms with Crippen LogP contribution in [-0.2, 0) is 16.6 Å². The predicted molar refractivity (Wildman–Crippen MR) is 107 cm³/mol. The summed E-state index contributed by atoms with van der Waals surface area (Å²) >= 11 is 0. The minimum atomic E-state index is -3.49. The molecule has 0 radical (unpaired) electrons. The molecule has 3 rings (SSSR count). The molecule has 0 saturated heterocycles. The predicted octanol–water partition coefficient (Wildman–Crippen LogP) is 2.93. The van der Waals surface area contributed by atoms with Crippen molar-refractivity contribution in [2.24, 2.45) is 0 Å². The molecule has 1 amide bonds. The standard InChI is InChI=1S/C20H24N2O5S/c1-2-13-28(24,25)22-17-9-4-3-8-16(17)20(23)21-14-15-7-5-10-18-19(15)27-12-6-11-26-18/h3-5,7-10,22H,2,6,11-14H2,1H3,(H,21,23). The van der Waals surface area contributed by atoms with Gasteiger partial charge in [-0.05, 0) is 24.6 Å². The van der Waals surface area contributed by atoms with E-state index in [4.69, 9.17) is 9.47 Å². The molecule has 0 aromatic heterocycles. The second-order valence-electron chi connectivity index (χ2n) is 6.44. The van der Waals surface area contributed by atoms with Crippen LogP contribution in [-0.4, -0.2) is 33.3 Å². The van der Waals surface area contributed by atoms with Gasteiger partial charge in [0.1, 0.15) is 0 Å². The summed E-state index contributed by atoms with van der Waals surface area (Å²) in [6.07, 6.45) is 1.29. The Morgan fingerprint density at radius 1 is 1.07 bits per heavy atom. The molecule has 2 aromatic carbocycles. The summed E-state index contributed by atoms with van der Waals surface area (Å²) in [5.41, 5.74) is 1.33. The molecule has 0 atom stereocenters. The van der Waals surface area contributed by atoms with Crippen LogP contribution in [0.1, 0.15) is 35.7 Å². The number of para-hydroxylation sites is 2. The number of rotatable bonds is 7. The Balaban J connectivity index is 1.75. The smallest absolute Gasteiger partial charge is 0.253 e.